The maximum atomic E-state index is 5.72. The molecule has 120 valence electrons. The molecule has 1 heterocycles. The molecule has 0 amide bonds. The Balaban J connectivity index is 1.84. The SMILES string of the molecule is C=CC=CCC=CC[C@@H]1O[C@@H]1CCCCCCCCCC. The molecule has 1 rings (SSSR count). The van der Waals surface area contributed by atoms with Crippen LogP contribution in [0.4, 0.5) is 0 Å². The van der Waals surface area contributed by atoms with Crippen LogP contribution in [-0.2, 0) is 4.74 Å². The Hall–Kier alpha value is -0.820. The molecule has 0 aliphatic carbocycles. The average molecular weight is 290 g/mol. The summed E-state index contributed by atoms with van der Waals surface area (Å²) in [5.74, 6) is 0. The fraction of sp³-hybridized carbons (Fsp3) is 0.700. The molecule has 21 heavy (non-hydrogen) atoms. The third kappa shape index (κ3) is 10.5. The van der Waals surface area contributed by atoms with E-state index in [9.17, 15) is 0 Å². The fourth-order valence-electron chi connectivity index (χ4n) is 2.70. The minimum Gasteiger partial charge on any atom is -0.369 e. The molecule has 0 N–H and O–H groups in total. The maximum absolute atomic E-state index is 5.72. The first kappa shape index (κ1) is 18.2. The van der Waals surface area contributed by atoms with E-state index in [1.165, 1.54) is 57.8 Å². The summed E-state index contributed by atoms with van der Waals surface area (Å²) in [7, 11) is 0. The van der Waals surface area contributed by atoms with Gasteiger partial charge in [-0.2, -0.15) is 0 Å². The summed E-state index contributed by atoms with van der Waals surface area (Å²) in [5, 5.41) is 0. The van der Waals surface area contributed by atoms with Gasteiger partial charge in [-0.3, -0.25) is 0 Å². The molecule has 1 fully saturated rings. The number of hydrogen-bond donors (Lipinski definition) is 0. The predicted octanol–water partition coefficient (Wildman–Crippen LogP) is 6.36. The molecule has 2 atom stereocenters. The van der Waals surface area contributed by atoms with Crippen molar-refractivity contribution < 1.29 is 4.74 Å². The van der Waals surface area contributed by atoms with Gasteiger partial charge in [0.15, 0.2) is 0 Å². The minimum atomic E-state index is 0.509. The molecule has 0 spiro atoms. The van der Waals surface area contributed by atoms with Crippen LogP contribution in [0.25, 0.3) is 0 Å². The van der Waals surface area contributed by atoms with E-state index in [1.807, 2.05) is 12.2 Å². The van der Waals surface area contributed by atoms with Gasteiger partial charge >= 0.3 is 0 Å². The van der Waals surface area contributed by atoms with Crippen LogP contribution in [0.15, 0.2) is 37.0 Å². The molecule has 1 heteroatoms. The Bertz CT molecular complexity index is 303. The number of rotatable bonds is 14. The highest BCUT2D eigenvalue weighted by molar-refractivity contribution is 5.02. The zero-order chi connectivity index (χ0) is 15.2. The van der Waals surface area contributed by atoms with Gasteiger partial charge in [0, 0.05) is 0 Å². The molecular formula is C20H34O. The van der Waals surface area contributed by atoms with E-state index in [4.69, 9.17) is 4.74 Å². The third-order valence-electron chi connectivity index (χ3n) is 4.11. The van der Waals surface area contributed by atoms with Crippen LogP contribution in [0.1, 0.15) is 77.6 Å². The van der Waals surface area contributed by atoms with Crippen LogP contribution in [0.3, 0.4) is 0 Å². The first-order valence-electron chi connectivity index (χ1n) is 8.96. The van der Waals surface area contributed by atoms with Crippen molar-refractivity contribution in [3.8, 4) is 0 Å². The minimum absolute atomic E-state index is 0.509. The maximum Gasteiger partial charge on any atom is 0.0876 e. The van der Waals surface area contributed by atoms with Crippen molar-refractivity contribution in [3.63, 3.8) is 0 Å². The normalized spacial score (nSPS) is 21.4. The lowest BCUT2D eigenvalue weighted by molar-refractivity contribution is 0.358. The molecule has 0 aromatic rings. The number of ether oxygens (including phenoxy) is 1. The Morgan fingerprint density at radius 3 is 2.29 bits per heavy atom. The first-order valence-corrected chi connectivity index (χ1v) is 8.96. The third-order valence-corrected chi connectivity index (χ3v) is 4.11. The molecular weight excluding hydrogens is 256 g/mol. The van der Waals surface area contributed by atoms with Crippen LogP contribution >= 0.6 is 0 Å². The first-order chi connectivity index (χ1) is 10.4. The van der Waals surface area contributed by atoms with Gasteiger partial charge in [0.05, 0.1) is 12.2 Å². The van der Waals surface area contributed by atoms with E-state index in [1.54, 1.807) is 0 Å². The second-order valence-electron chi connectivity index (χ2n) is 6.08. The number of unbranched alkanes of at least 4 members (excludes halogenated alkanes) is 7. The van der Waals surface area contributed by atoms with E-state index in [0.29, 0.717) is 12.2 Å². The lowest BCUT2D eigenvalue weighted by atomic mass is 10.1. The molecule has 0 saturated carbocycles. The van der Waals surface area contributed by atoms with Gasteiger partial charge in [0.2, 0.25) is 0 Å². The van der Waals surface area contributed by atoms with E-state index >= 15 is 0 Å². The van der Waals surface area contributed by atoms with Crippen molar-refractivity contribution in [2.45, 2.75) is 89.8 Å². The lowest BCUT2D eigenvalue weighted by Gasteiger charge is -2.00. The Kier molecular flexibility index (Phi) is 11.2. The van der Waals surface area contributed by atoms with Gasteiger partial charge in [0.25, 0.3) is 0 Å². The van der Waals surface area contributed by atoms with Crippen molar-refractivity contribution >= 4 is 0 Å². The summed E-state index contributed by atoms with van der Waals surface area (Å²) in [5.41, 5.74) is 0. The predicted molar refractivity (Wildman–Crippen MR) is 93.6 cm³/mol. The van der Waals surface area contributed by atoms with Gasteiger partial charge in [-0.25, -0.2) is 0 Å². The largest absolute Gasteiger partial charge is 0.369 e. The summed E-state index contributed by atoms with van der Waals surface area (Å²) in [6.45, 7) is 5.93. The molecule has 1 aliphatic rings. The van der Waals surface area contributed by atoms with Crippen LogP contribution in [0, 0.1) is 0 Å². The second kappa shape index (κ2) is 12.9. The lowest BCUT2D eigenvalue weighted by Crippen LogP contribution is -1.93. The highest BCUT2D eigenvalue weighted by atomic mass is 16.6. The van der Waals surface area contributed by atoms with Crippen molar-refractivity contribution in [1.82, 2.24) is 0 Å². The molecule has 0 bridgehead atoms. The Morgan fingerprint density at radius 2 is 1.57 bits per heavy atom. The van der Waals surface area contributed by atoms with Gasteiger partial charge in [-0.15, -0.1) is 0 Å². The van der Waals surface area contributed by atoms with Gasteiger partial charge in [-0.05, 0) is 19.3 Å². The van der Waals surface area contributed by atoms with Crippen LogP contribution in [0.5, 0.6) is 0 Å². The number of hydrogen-bond acceptors (Lipinski definition) is 1. The monoisotopic (exact) mass is 290 g/mol. The molecule has 1 nitrogen and oxygen atoms in total. The quantitative estimate of drug-likeness (QED) is 0.157. The summed E-state index contributed by atoms with van der Waals surface area (Å²) < 4.78 is 5.72. The van der Waals surface area contributed by atoms with E-state index < -0.39 is 0 Å². The smallest absolute Gasteiger partial charge is 0.0876 e. The van der Waals surface area contributed by atoms with Gasteiger partial charge < -0.3 is 4.74 Å². The van der Waals surface area contributed by atoms with Crippen molar-refractivity contribution in [2.75, 3.05) is 0 Å². The Labute approximate surface area is 132 Å². The summed E-state index contributed by atoms with van der Waals surface area (Å²) in [6.07, 6.45) is 26.0. The molecule has 0 radical (unpaired) electrons. The summed E-state index contributed by atoms with van der Waals surface area (Å²) in [4.78, 5) is 0. The highest BCUT2D eigenvalue weighted by Gasteiger charge is 2.36. The molecule has 0 unspecified atom stereocenters. The van der Waals surface area contributed by atoms with Crippen molar-refractivity contribution in [2.24, 2.45) is 0 Å². The standard InChI is InChI=1S/C20H34O/c1-3-5-7-9-11-12-14-16-18-20-19(21-20)17-15-13-10-8-6-4-2/h4,6,8,13,15,19-20H,2-3,5,7,9-12,14,16-18H2,1H3/t19-,20+/m0/s1. The molecule has 0 aromatic carbocycles. The molecule has 1 saturated heterocycles. The summed E-state index contributed by atoms with van der Waals surface area (Å²) in [6, 6.07) is 0. The zero-order valence-corrected chi connectivity index (χ0v) is 13.9. The van der Waals surface area contributed by atoms with Crippen LogP contribution in [-0.4, -0.2) is 12.2 Å². The summed E-state index contributed by atoms with van der Waals surface area (Å²) >= 11 is 0. The van der Waals surface area contributed by atoms with Crippen molar-refractivity contribution in [1.29, 1.82) is 0 Å². The average Bonchev–Trinajstić information content (AvgIpc) is 3.24. The zero-order valence-electron chi connectivity index (χ0n) is 13.9. The molecule has 1 aliphatic heterocycles. The van der Waals surface area contributed by atoms with Gasteiger partial charge in [-0.1, -0.05) is 95.2 Å². The van der Waals surface area contributed by atoms with E-state index in [0.717, 1.165) is 12.8 Å². The van der Waals surface area contributed by atoms with E-state index in [2.05, 4.69) is 31.7 Å². The fourth-order valence-corrected chi connectivity index (χ4v) is 2.70. The number of allylic oxidation sites excluding steroid dienone is 4. The van der Waals surface area contributed by atoms with Gasteiger partial charge in [0.1, 0.15) is 0 Å². The topological polar surface area (TPSA) is 12.5 Å². The number of epoxide rings is 1. The van der Waals surface area contributed by atoms with Crippen molar-refractivity contribution in [3.05, 3.63) is 37.0 Å². The second-order valence-corrected chi connectivity index (χ2v) is 6.08. The highest BCUT2D eigenvalue weighted by Crippen LogP contribution is 2.30. The van der Waals surface area contributed by atoms with E-state index in [-0.39, 0.29) is 0 Å². The molecule has 0 aromatic heterocycles. The van der Waals surface area contributed by atoms with Crippen LogP contribution < -0.4 is 0 Å². The Morgan fingerprint density at radius 1 is 0.857 bits per heavy atom. The van der Waals surface area contributed by atoms with Crippen LogP contribution in [0.2, 0.25) is 0 Å².